The van der Waals surface area contributed by atoms with Crippen LogP contribution in [0, 0.1) is 0 Å². The number of nitrogens with zero attached hydrogens (tertiary/aromatic N) is 1. The van der Waals surface area contributed by atoms with Crippen molar-refractivity contribution in [2.75, 3.05) is 17.3 Å². The first-order chi connectivity index (χ1) is 9.97. The second-order valence-corrected chi connectivity index (χ2v) is 5.29. The number of hydrogen-bond acceptors (Lipinski definition) is 2. The van der Waals surface area contributed by atoms with Crippen LogP contribution < -0.4 is 16.0 Å². The number of nitrogens with two attached hydrogens (primary N) is 1. The molecular formula is C15H14ClN3OS. The van der Waals surface area contributed by atoms with Crippen LogP contribution in [-0.4, -0.2) is 18.1 Å². The fourth-order valence-corrected chi connectivity index (χ4v) is 2.08. The predicted octanol–water partition coefficient (Wildman–Crippen LogP) is 3.64. The van der Waals surface area contributed by atoms with Gasteiger partial charge in [0.25, 0.3) is 0 Å². The van der Waals surface area contributed by atoms with Gasteiger partial charge in [0.2, 0.25) is 0 Å². The van der Waals surface area contributed by atoms with E-state index in [1.807, 2.05) is 0 Å². The van der Waals surface area contributed by atoms with Gasteiger partial charge < -0.3 is 11.1 Å². The third-order valence-electron chi connectivity index (χ3n) is 2.90. The number of halogens is 1. The lowest BCUT2D eigenvalue weighted by molar-refractivity contribution is 0.258. The van der Waals surface area contributed by atoms with Gasteiger partial charge in [0.15, 0.2) is 0 Å². The van der Waals surface area contributed by atoms with E-state index >= 15 is 0 Å². The van der Waals surface area contributed by atoms with Crippen molar-refractivity contribution in [3.05, 3.63) is 59.1 Å². The summed E-state index contributed by atoms with van der Waals surface area (Å²) in [5.74, 6) is 0. The van der Waals surface area contributed by atoms with E-state index in [1.54, 1.807) is 55.6 Å². The molecule has 0 aliphatic rings. The summed E-state index contributed by atoms with van der Waals surface area (Å²) in [4.78, 5) is 14.0. The molecule has 0 spiro atoms. The standard InChI is InChI=1S/C15H14ClN3OS/c1-19(13-7-2-4-10(8-13)14(17)21)15(20)18-12-6-3-5-11(16)9-12/h2-9H,1H3,(H2,17,21)(H,18,20). The van der Waals surface area contributed by atoms with Gasteiger partial charge in [0, 0.05) is 29.0 Å². The van der Waals surface area contributed by atoms with Gasteiger partial charge in [0.05, 0.1) is 0 Å². The highest BCUT2D eigenvalue weighted by atomic mass is 35.5. The van der Waals surface area contributed by atoms with Crippen molar-refractivity contribution < 1.29 is 4.79 Å². The molecule has 0 saturated heterocycles. The number of urea groups is 1. The van der Waals surface area contributed by atoms with E-state index in [0.29, 0.717) is 26.9 Å². The summed E-state index contributed by atoms with van der Waals surface area (Å²) in [6.45, 7) is 0. The van der Waals surface area contributed by atoms with Gasteiger partial charge in [-0.05, 0) is 30.3 Å². The zero-order chi connectivity index (χ0) is 15.4. The van der Waals surface area contributed by atoms with Gasteiger partial charge in [-0.25, -0.2) is 4.79 Å². The minimum atomic E-state index is -0.280. The number of nitrogens with one attached hydrogen (secondary N) is 1. The van der Waals surface area contributed by atoms with Crippen molar-refractivity contribution in [3.8, 4) is 0 Å². The molecule has 4 nitrogen and oxygen atoms in total. The lowest BCUT2D eigenvalue weighted by Gasteiger charge is -2.19. The average molecular weight is 320 g/mol. The normalized spacial score (nSPS) is 10.0. The molecule has 0 unspecified atom stereocenters. The number of benzene rings is 2. The van der Waals surface area contributed by atoms with E-state index in [1.165, 1.54) is 4.90 Å². The highest BCUT2D eigenvalue weighted by Crippen LogP contribution is 2.18. The van der Waals surface area contributed by atoms with E-state index in [4.69, 9.17) is 29.6 Å². The number of carbonyl (C=O) groups excluding carboxylic acids is 1. The van der Waals surface area contributed by atoms with Crippen LogP contribution in [0.3, 0.4) is 0 Å². The average Bonchev–Trinajstić information content (AvgIpc) is 2.46. The highest BCUT2D eigenvalue weighted by Gasteiger charge is 2.12. The summed E-state index contributed by atoms with van der Waals surface area (Å²) in [5.41, 5.74) is 7.63. The van der Waals surface area contributed by atoms with Crippen molar-refractivity contribution in [1.82, 2.24) is 0 Å². The number of rotatable bonds is 3. The van der Waals surface area contributed by atoms with Crippen molar-refractivity contribution in [2.24, 2.45) is 5.73 Å². The van der Waals surface area contributed by atoms with E-state index < -0.39 is 0 Å². The Labute approximate surface area is 133 Å². The Kier molecular flexibility index (Phi) is 4.77. The summed E-state index contributed by atoms with van der Waals surface area (Å²) in [6, 6.07) is 13.8. The Morgan fingerprint density at radius 1 is 1.24 bits per heavy atom. The van der Waals surface area contributed by atoms with Crippen molar-refractivity contribution in [1.29, 1.82) is 0 Å². The first-order valence-corrected chi connectivity index (χ1v) is 6.96. The van der Waals surface area contributed by atoms with Crippen molar-refractivity contribution in [3.63, 3.8) is 0 Å². The van der Waals surface area contributed by atoms with Gasteiger partial charge in [-0.3, -0.25) is 4.90 Å². The summed E-state index contributed by atoms with van der Waals surface area (Å²) < 4.78 is 0. The van der Waals surface area contributed by atoms with Crippen LogP contribution in [0.2, 0.25) is 5.02 Å². The molecule has 6 heteroatoms. The van der Waals surface area contributed by atoms with Gasteiger partial charge in [-0.2, -0.15) is 0 Å². The Balaban J connectivity index is 2.15. The third kappa shape index (κ3) is 3.93. The van der Waals surface area contributed by atoms with Crippen LogP contribution in [0.1, 0.15) is 5.56 Å². The quantitative estimate of drug-likeness (QED) is 0.849. The molecule has 0 radical (unpaired) electrons. The smallest absolute Gasteiger partial charge is 0.326 e. The lowest BCUT2D eigenvalue weighted by atomic mass is 10.2. The van der Waals surface area contributed by atoms with E-state index in [2.05, 4.69) is 5.32 Å². The molecule has 3 N–H and O–H groups in total. The molecule has 0 bridgehead atoms. The maximum Gasteiger partial charge on any atom is 0.326 e. The summed E-state index contributed by atoms with van der Waals surface area (Å²) in [5, 5.41) is 3.33. The molecule has 0 saturated carbocycles. The van der Waals surface area contributed by atoms with Crippen LogP contribution in [0.25, 0.3) is 0 Å². The molecule has 0 aromatic heterocycles. The van der Waals surface area contributed by atoms with Crippen LogP contribution in [0.5, 0.6) is 0 Å². The summed E-state index contributed by atoms with van der Waals surface area (Å²) in [6.07, 6.45) is 0. The molecule has 108 valence electrons. The van der Waals surface area contributed by atoms with Gasteiger partial charge >= 0.3 is 6.03 Å². The zero-order valence-corrected chi connectivity index (χ0v) is 12.9. The van der Waals surface area contributed by atoms with Crippen LogP contribution >= 0.6 is 23.8 Å². The van der Waals surface area contributed by atoms with Crippen LogP contribution in [0.4, 0.5) is 16.2 Å². The minimum Gasteiger partial charge on any atom is -0.389 e. The molecule has 2 aromatic rings. The van der Waals surface area contributed by atoms with Crippen LogP contribution in [0.15, 0.2) is 48.5 Å². The Hall–Kier alpha value is -2.11. The second-order valence-electron chi connectivity index (χ2n) is 4.41. The molecule has 2 aromatic carbocycles. The second kappa shape index (κ2) is 6.56. The number of carbonyl (C=O) groups is 1. The molecular weight excluding hydrogens is 306 g/mol. The van der Waals surface area contributed by atoms with E-state index in [9.17, 15) is 4.79 Å². The van der Waals surface area contributed by atoms with Crippen molar-refractivity contribution in [2.45, 2.75) is 0 Å². The first-order valence-electron chi connectivity index (χ1n) is 6.17. The number of thiocarbonyl (C=S) groups is 1. The van der Waals surface area contributed by atoms with E-state index in [0.717, 1.165) is 0 Å². The first kappa shape index (κ1) is 15.3. The Morgan fingerprint density at radius 2 is 1.95 bits per heavy atom. The third-order valence-corrected chi connectivity index (χ3v) is 3.37. The lowest BCUT2D eigenvalue weighted by Crippen LogP contribution is -2.31. The minimum absolute atomic E-state index is 0.280. The molecule has 0 aliphatic heterocycles. The van der Waals surface area contributed by atoms with Gasteiger partial charge in [-0.15, -0.1) is 0 Å². The molecule has 0 atom stereocenters. The molecule has 2 amide bonds. The molecule has 0 heterocycles. The molecule has 2 rings (SSSR count). The number of amides is 2. The number of anilines is 2. The van der Waals surface area contributed by atoms with E-state index in [-0.39, 0.29) is 6.03 Å². The van der Waals surface area contributed by atoms with Gasteiger partial charge in [0.1, 0.15) is 4.99 Å². The predicted molar refractivity (Wildman–Crippen MR) is 91.2 cm³/mol. The Morgan fingerprint density at radius 3 is 2.62 bits per heavy atom. The molecule has 0 aliphatic carbocycles. The summed E-state index contributed by atoms with van der Waals surface area (Å²) >= 11 is 10.8. The number of hydrogen-bond donors (Lipinski definition) is 2. The van der Waals surface area contributed by atoms with Gasteiger partial charge in [-0.1, -0.05) is 42.0 Å². The Bertz CT molecular complexity index is 690. The maximum absolute atomic E-state index is 12.2. The monoisotopic (exact) mass is 319 g/mol. The van der Waals surface area contributed by atoms with Crippen molar-refractivity contribution >= 4 is 46.2 Å². The topological polar surface area (TPSA) is 58.4 Å². The fraction of sp³-hybridized carbons (Fsp3) is 0.0667. The maximum atomic E-state index is 12.2. The van der Waals surface area contributed by atoms with Crippen LogP contribution in [-0.2, 0) is 0 Å². The molecule has 21 heavy (non-hydrogen) atoms. The highest BCUT2D eigenvalue weighted by molar-refractivity contribution is 7.80. The largest absolute Gasteiger partial charge is 0.389 e. The fourth-order valence-electron chi connectivity index (χ4n) is 1.76. The molecule has 0 fully saturated rings. The summed E-state index contributed by atoms with van der Waals surface area (Å²) in [7, 11) is 1.67. The SMILES string of the molecule is CN(C(=O)Nc1cccc(Cl)c1)c1cccc(C(N)=S)c1. The zero-order valence-electron chi connectivity index (χ0n) is 11.3.